The highest BCUT2D eigenvalue weighted by Crippen LogP contribution is 2.34. The maximum absolute atomic E-state index is 6.03. The summed E-state index contributed by atoms with van der Waals surface area (Å²) in [5.74, 6) is 0. The smallest absolute Gasteiger partial charge is 0.0634 e. The van der Waals surface area contributed by atoms with E-state index in [1.165, 1.54) is 0 Å². The molecule has 0 spiro atoms. The molecule has 3 N–H and O–H groups in total. The molecule has 0 atom stereocenters. The van der Waals surface area contributed by atoms with Crippen LogP contribution in [0.3, 0.4) is 0 Å². The summed E-state index contributed by atoms with van der Waals surface area (Å²) in [7, 11) is 0. The number of rotatable bonds is 2. The highest BCUT2D eigenvalue weighted by Gasteiger charge is 2.07. The summed E-state index contributed by atoms with van der Waals surface area (Å²) in [5, 5.41) is 6.31. The van der Waals surface area contributed by atoms with Gasteiger partial charge in [-0.15, -0.1) is 0 Å². The van der Waals surface area contributed by atoms with E-state index < -0.39 is 0 Å². The van der Waals surface area contributed by atoms with Crippen molar-refractivity contribution in [3.8, 4) is 0 Å². The van der Waals surface area contributed by atoms with Gasteiger partial charge in [-0.2, -0.15) is 0 Å². The fraction of sp³-hybridized carbons (Fsp3) is 0. The van der Waals surface area contributed by atoms with Crippen LogP contribution < -0.4 is 11.1 Å². The summed E-state index contributed by atoms with van der Waals surface area (Å²) >= 11 is 12.0. The number of hydrogen-bond donors (Lipinski definition) is 2. The lowest BCUT2D eigenvalue weighted by molar-refractivity contribution is 1.36. The van der Waals surface area contributed by atoms with Gasteiger partial charge >= 0.3 is 0 Å². The molecule has 1 aromatic heterocycles. The molecule has 5 heteroatoms. The standard InChI is InChI=1S/C15H11Cl2N3/c16-11-6-13(18)15(7-12(11)17)20-14-3-1-2-9-8-19-5-4-10(9)14/h1-8,20H,18H2. The van der Waals surface area contributed by atoms with Crippen LogP contribution in [0, 0.1) is 0 Å². The minimum atomic E-state index is 0.442. The normalized spacial score (nSPS) is 10.7. The lowest BCUT2D eigenvalue weighted by atomic mass is 10.1. The number of aromatic nitrogens is 1. The number of benzene rings is 2. The minimum absolute atomic E-state index is 0.442. The highest BCUT2D eigenvalue weighted by molar-refractivity contribution is 6.42. The summed E-state index contributed by atoms with van der Waals surface area (Å²) in [4.78, 5) is 4.11. The Morgan fingerprint density at radius 2 is 1.80 bits per heavy atom. The molecule has 0 saturated carbocycles. The van der Waals surface area contributed by atoms with Crippen LogP contribution in [0.15, 0.2) is 48.8 Å². The Labute approximate surface area is 126 Å². The molecule has 3 nitrogen and oxygen atoms in total. The first-order valence-electron chi connectivity index (χ1n) is 5.99. The molecule has 20 heavy (non-hydrogen) atoms. The summed E-state index contributed by atoms with van der Waals surface area (Å²) in [6, 6.07) is 11.2. The number of nitrogens with one attached hydrogen (secondary N) is 1. The maximum atomic E-state index is 6.03. The second kappa shape index (κ2) is 5.19. The Balaban J connectivity index is 2.08. The molecule has 0 aliphatic carbocycles. The lowest BCUT2D eigenvalue weighted by Crippen LogP contribution is -1.97. The van der Waals surface area contributed by atoms with Crippen molar-refractivity contribution < 1.29 is 0 Å². The van der Waals surface area contributed by atoms with Gasteiger partial charge in [0.05, 0.1) is 21.4 Å². The van der Waals surface area contributed by atoms with Crippen molar-refractivity contribution >= 4 is 51.0 Å². The fourth-order valence-electron chi connectivity index (χ4n) is 2.05. The Bertz CT molecular complexity index is 782. The highest BCUT2D eigenvalue weighted by atomic mass is 35.5. The maximum Gasteiger partial charge on any atom is 0.0634 e. The molecule has 2 aromatic carbocycles. The first-order chi connectivity index (χ1) is 9.65. The Morgan fingerprint density at radius 1 is 1.00 bits per heavy atom. The molecular formula is C15H11Cl2N3. The van der Waals surface area contributed by atoms with Crippen molar-refractivity contribution in [1.29, 1.82) is 0 Å². The number of fused-ring (bicyclic) bond motifs is 1. The van der Waals surface area contributed by atoms with Gasteiger partial charge in [0.25, 0.3) is 0 Å². The van der Waals surface area contributed by atoms with E-state index in [9.17, 15) is 0 Å². The quantitative estimate of drug-likeness (QED) is 0.664. The summed E-state index contributed by atoms with van der Waals surface area (Å²) < 4.78 is 0. The zero-order valence-electron chi connectivity index (χ0n) is 10.4. The predicted molar refractivity (Wildman–Crippen MR) is 85.9 cm³/mol. The second-order valence-corrected chi connectivity index (χ2v) is 5.20. The topological polar surface area (TPSA) is 50.9 Å². The van der Waals surface area contributed by atoms with Gasteiger partial charge in [-0.3, -0.25) is 4.98 Å². The molecule has 100 valence electrons. The van der Waals surface area contributed by atoms with E-state index in [-0.39, 0.29) is 0 Å². The van der Waals surface area contributed by atoms with Crippen molar-refractivity contribution in [3.63, 3.8) is 0 Å². The molecular weight excluding hydrogens is 293 g/mol. The zero-order chi connectivity index (χ0) is 14.1. The first kappa shape index (κ1) is 13.0. The zero-order valence-corrected chi connectivity index (χ0v) is 11.9. The number of nitrogen functional groups attached to an aromatic ring is 1. The van der Waals surface area contributed by atoms with Crippen molar-refractivity contribution in [2.75, 3.05) is 11.1 Å². The summed E-state index contributed by atoms with van der Waals surface area (Å²) in [5.41, 5.74) is 8.18. The Hall–Kier alpha value is -1.97. The van der Waals surface area contributed by atoms with E-state index in [1.807, 2.05) is 30.5 Å². The van der Waals surface area contributed by atoms with Crippen molar-refractivity contribution in [2.24, 2.45) is 0 Å². The SMILES string of the molecule is Nc1cc(Cl)c(Cl)cc1Nc1cccc2cnccc12. The van der Waals surface area contributed by atoms with Crippen LogP contribution >= 0.6 is 23.2 Å². The van der Waals surface area contributed by atoms with Gasteiger partial charge in [-0.25, -0.2) is 0 Å². The number of nitrogens with zero attached hydrogens (tertiary/aromatic N) is 1. The average Bonchev–Trinajstić information content (AvgIpc) is 2.45. The van der Waals surface area contributed by atoms with Gasteiger partial charge in [0.15, 0.2) is 0 Å². The molecule has 0 radical (unpaired) electrons. The third-order valence-electron chi connectivity index (χ3n) is 3.04. The lowest BCUT2D eigenvalue weighted by Gasteiger charge is -2.12. The van der Waals surface area contributed by atoms with Crippen molar-refractivity contribution in [2.45, 2.75) is 0 Å². The molecule has 3 aromatic rings. The largest absolute Gasteiger partial charge is 0.397 e. The van der Waals surface area contributed by atoms with Crippen LogP contribution in [-0.4, -0.2) is 4.98 Å². The molecule has 0 aliphatic rings. The molecule has 0 amide bonds. The molecule has 0 saturated heterocycles. The summed E-state index contributed by atoms with van der Waals surface area (Å²) in [6.07, 6.45) is 3.57. The molecule has 0 bridgehead atoms. The summed E-state index contributed by atoms with van der Waals surface area (Å²) in [6.45, 7) is 0. The van der Waals surface area contributed by atoms with Gasteiger partial charge in [0, 0.05) is 28.9 Å². The van der Waals surface area contributed by atoms with Gasteiger partial charge in [-0.05, 0) is 24.3 Å². The average molecular weight is 304 g/mol. The van der Waals surface area contributed by atoms with E-state index in [1.54, 1.807) is 18.3 Å². The van der Waals surface area contributed by atoms with E-state index in [0.717, 1.165) is 22.1 Å². The van der Waals surface area contributed by atoms with Gasteiger partial charge < -0.3 is 11.1 Å². The Morgan fingerprint density at radius 3 is 2.65 bits per heavy atom. The number of hydrogen-bond acceptors (Lipinski definition) is 3. The number of pyridine rings is 1. The molecule has 0 unspecified atom stereocenters. The van der Waals surface area contributed by atoms with Gasteiger partial charge in [-0.1, -0.05) is 35.3 Å². The third-order valence-corrected chi connectivity index (χ3v) is 3.76. The van der Waals surface area contributed by atoms with Crippen LogP contribution in [0.25, 0.3) is 10.8 Å². The number of nitrogens with two attached hydrogens (primary N) is 1. The first-order valence-corrected chi connectivity index (χ1v) is 6.75. The van der Waals surface area contributed by atoms with E-state index in [4.69, 9.17) is 28.9 Å². The van der Waals surface area contributed by atoms with Crippen LogP contribution in [0.1, 0.15) is 0 Å². The second-order valence-electron chi connectivity index (χ2n) is 4.38. The Kier molecular flexibility index (Phi) is 3.38. The predicted octanol–water partition coefficient (Wildman–Crippen LogP) is 4.87. The van der Waals surface area contributed by atoms with Crippen LogP contribution in [0.2, 0.25) is 10.0 Å². The fourth-order valence-corrected chi connectivity index (χ4v) is 2.38. The van der Waals surface area contributed by atoms with Crippen molar-refractivity contribution in [3.05, 3.63) is 58.8 Å². The monoisotopic (exact) mass is 303 g/mol. The van der Waals surface area contributed by atoms with E-state index in [0.29, 0.717) is 15.7 Å². The molecule has 0 aliphatic heterocycles. The van der Waals surface area contributed by atoms with Crippen LogP contribution in [0.5, 0.6) is 0 Å². The van der Waals surface area contributed by atoms with E-state index in [2.05, 4.69) is 10.3 Å². The van der Waals surface area contributed by atoms with Gasteiger partial charge in [0.2, 0.25) is 0 Å². The number of anilines is 3. The third kappa shape index (κ3) is 2.38. The molecule has 3 rings (SSSR count). The van der Waals surface area contributed by atoms with Crippen LogP contribution in [-0.2, 0) is 0 Å². The minimum Gasteiger partial charge on any atom is -0.397 e. The molecule has 0 fully saturated rings. The van der Waals surface area contributed by atoms with E-state index >= 15 is 0 Å². The number of halogens is 2. The van der Waals surface area contributed by atoms with Gasteiger partial charge in [0.1, 0.15) is 0 Å². The van der Waals surface area contributed by atoms with Crippen LogP contribution in [0.4, 0.5) is 17.1 Å². The van der Waals surface area contributed by atoms with Crippen molar-refractivity contribution in [1.82, 2.24) is 4.98 Å². The molecule has 1 heterocycles.